The summed E-state index contributed by atoms with van der Waals surface area (Å²) in [7, 11) is 0. The van der Waals surface area contributed by atoms with E-state index in [0.29, 0.717) is 12.2 Å². The summed E-state index contributed by atoms with van der Waals surface area (Å²) in [4.78, 5) is 18.6. The molecule has 0 spiro atoms. The van der Waals surface area contributed by atoms with E-state index >= 15 is 0 Å². The SMILES string of the molecule is O=C(Cl)CCOC=S.O=CS.S=COCc1ccccc1. The van der Waals surface area contributed by atoms with Crippen molar-refractivity contribution in [2.45, 2.75) is 13.0 Å². The third-order valence-corrected chi connectivity index (χ3v) is 2.11. The van der Waals surface area contributed by atoms with Gasteiger partial charge in [0.1, 0.15) is 17.7 Å². The van der Waals surface area contributed by atoms with Crippen LogP contribution in [0.4, 0.5) is 0 Å². The van der Waals surface area contributed by atoms with Gasteiger partial charge in [0, 0.05) is 0 Å². The van der Waals surface area contributed by atoms with E-state index in [4.69, 9.17) is 21.1 Å². The third-order valence-electron chi connectivity index (χ3n) is 1.65. The lowest BCUT2D eigenvalue weighted by atomic mass is 10.2. The molecule has 0 aromatic heterocycles. The second-order valence-electron chi connectivity index (χ2n) is 3.07. The molecule has 0 amide bonds. The van der Waals surface area contributed by atoms with Crippen LogP contribution in [0.5, 0.6) is 0 Å². The zero-order valence-corrected chi connectivity index (χ0v) is 14.3. The summed E-state index contributed by atoms with van der Waals surface area (Å²) < 4.78 is 9.44. The van der Waals surface area contributed by atoms with Gasteiger partial charge in [0.05, 0.1) is 13.0 Å². The molecule has 0 aliphatic rings. The molecule has 0 bridgehead atoms. The van der Waals surface area contributed by atoms with E-state index in [-0.39, 0.29) is 13.0 Å². The van der Waals surface area contributed by atoms with E-state index in [1.165, 1.54) is 5.55 Å². The standard InChI is InChI=1S/C8H8OS.C4H5ClO2S.CH2OS/c10-7-9-6-8-4-2-1-3-5-8;5-4(6)1-2-7-3-8;2-1-3/h1-5,7H,6H2;3H,1-2H2;1H,(H,2,3). The summed E-state index contributed by atoms with van der Waals surface area (Å²) in [5, 5.41) is -0.401. The predicted molar refractivity (Wildman–Crippen MR) is 95.7 cm³/mol. The van der Waals surface area contributed by atoms with Gasteiger partial charge in [-0.1, -0.05) is 30.3 Å². The zero-order chi connectivity index (χ0) is 16.3. The van der Waals surface area contributed by atoms with Crippen molar-refractivity contribution >= 4 is 70.6 Å². The number of carbonyl (C=O) groups excluding carboxylic acids is 2. The van der Waals surface area contributed by atoms with Crippen LogP contribution in [-0.2, 0) is 25.7 Å². The van der Waals surface area contributed by atoms with E-state index in [9.17, 15) is 4.79 Å². The minimum Gasteiger partial charge on any atom is -0.489 e. The summed E-state index contributed by atoms with van der Waals surface area (Å²) in [6.45, 7) is 0.857. The lowest BCUT2D eigenvalue weighted by Gasteiger charge is -1.97. The van der Waals surface area contributed by atoms with Crippen LogP contribution in [0.3, 0.4) is 0 Å². The first-order valence-electron chi connectivity index (χ1n) is 5.52. The van der Waals surface area contributed by atoms with Crippen molar-refractivity contribution in [2.75, 3.05) is 6.61 Å². The van der Waals surface area contributed by atoms with Crippen molar-refractivity contribution in [3.05, 3.63) is 35.9 Å². The Kier molecular flexibility index (Phi) is 20.1. The summed E-state index contributed by atoms with van der Waals surface area (Å²) in [6, 6.07) is 9.92. The first-order valence-corrected chi connectivity index (χ1v) is 7.36. The van der Waals surface area contributed by atoms with Gasteiger partial charge in [0.2, 0.25) is 5.24 Å². The molecule has 0 saturated carbocycles. The fraction of sp³-hybridized carbons (Fsp3) is 0.231. The maximum atomic E-state index is 9.96. The summed E-state index contributed by atoms with van der Waals surface area (Å²) in [6.07, 6.45) is 0.217. The van der Waals surface area contributed by atoms with Crippen molar-refractivity contribution in [2.24, 2.45) is 0 Å². The van der Waals surface area contributed by atoms with E-state index < -0.39 is 5.24 Å². The van der Waals surface area contributed by atoms with Gasteiger partial charge in [0.25, 0.3) is 0 Å². The summed E-state index contributed by atoms with van der Waals surface area (Å²) >= 11 is 16.9. The van der Waals surface area contributed by atoms with Gasteiger partial charge < -0.3 is 9.47 Å². The van der Waals surface area contributed by atoms with Crippen LogP contribution in [0.15, 0.2) is 30.3 Å². The number of hydrogen-bond donors (Lipinski definition) is 1. The second-order valence-corrected chi connectivity index (χ2v) is 4.09. The molecular formula is C13H15ClO4S3. The molecule has 0 saturated heterocycles. The van der Waals surface area contributed by atoms with Crippen LogP contribution in [0.1, 0.15) is 12.0 Å². The molecular weight excluding hydrogens is 352 g/mol. The molecule has 0 aliphatic heterocycles. The van der Waals surface area contributed by atoms with Crippen molar-refractivity contribution in [1.29, 1.82) is 0 Å². The average Bonchev–Trinajstić information content (AvgIpc) is 2.48. The molecule has 8 heteroatoms. The number of carbonyl (C=O) groups is 2. The molecule has 0 N–H and O–H groups in total. The molecule has 0 fully saturated rings. The summed E-state index contributed by atoms with van der Waals surface area (Å²) in [5.41, 5.74) is 3.98. The highest BCUT2D eigenvalue weighted by molar-refractivity contribution is 7.94. The molecule has 21 heavy (non-hydrogen) atoms. The van der Waals surface area contributed by atoms with Gasteiger partial charge in [-0.25, -0.2) is 0 Å². The molecule has 116 valence electrons. The van der Waals surface area contributed by atoms with Crippen LogP contribution in [0.25, 0.3) is 0 Å². The van der Waals surface area contributed by atoms with Gasteiger partial charge in [-0.3, -0.25) is 9.59 Å². The zero-order valence-electron chi connectivity index (χ0n) is 11.0. The number of rotatable bonds is 7. The largest absolute Gasteiger partial charge is 0.489 e. The predicted octanol–water partition coefficient (Wildman–Crippen LogP) is 3.38. The Labute approximate surface area is 145 Å². The maximum absolute atomic E-state index is 9.96. The molecule has 0 atom stereocenters. The fourth-order valence-electron chi connectivity index (χ4n) is 0.892. The van der Waals surface area contributed by atoms with E-state index in [2.05, 4.69) is 41.8 Å². The first-order chi connectivity index (χ1) is 10.1. The van der Waals surface area contributed by atoms with Crippen molar-refractivity contribution in [3.63, 3.8) is 0 Å². The lowest BCUT2D eigenvalue weighted by molar-refractivity contribution is -0.112. The second kappa shape index (κ2) is 19.0. The normalized spacial score (nSPS) is 7.90. The molecule has 1 aromatic carbocycles. The minimum atomic E-state index is -0.401. The Morgan fingerprint density at radius 1 is 1.19 bits per heavy atom. The number of benzene rings is 1. The highest BCUT2D eigenvalue weighted by atomic mass is 35.5. The maximum Gasteiger partial charge on any atom is 0.225 e. The number of thiocarbonyl (C=S) groups is 2. The summed E-state index contributed by atoms with van der Waals surface area (Å²) in [5.74, 6) is 0. The highest BCUT2D eigenvalue weighted by Gasteiger charge is 1.92. The molecule has 0 heterocycles. The van der Waals surface area contributed by atoms with Crippen molar-refractivity contribution < 1.29 is 19.1 Å². The molecule has 0 radical (unpaired) electrons. The van der Waals surface area contributed by atoms with Crippen LogP contribution < -0.4 is 0 Å². The van der Waals surface area contributed by atoms with E-state index in [0.717, 1.165) is 11.1 Å². The van der Waals surface area contributed by atoms with Gasteiger partial charge in [0.15, 0.2) is 5.62 Å². The Bertz CT molecular complexity index is 402. The Morgan fingerprint density at radius 2 is 1.71 bits per heavy atom. The van der Waals surface area contributed by atoms with Gasteiger partial charge >= 0.3 is 0 Å². The third kappa shape index (κ3) is 21.4. The monoisotopic (exact) mass is 366 g/mol. The Morgan fingerprint density at radius 3 is 2.14 bits per heavy atom. The number of thiol groups is 1. The quantitative estimate of drug-likeness (QED) is 0.262. The molecule has 1 rings (SSSR count). The number of halogens is 1. The van der Waals surface area contributed by atoms with Crippen LogP contribution in [0, 0.1) is 0 Å². The molecule has 0 aliphatic carbocycles. The van der Waals surface area contributed by atoms with E-state index in [1.54, 1.807) is 0 Å². The minimum absolute atomic E-state index is 0.217. The average molecular weight is 367 g/mol. The fourth-order valence-corrected chi connectivity index (χ4v) is 1.13. The van der Waals surface area contributed by atoms with Gasteiger partial charge in [-0.05, 0) is 41.6 Å². The number of ether oxygens (including phenoxy) is 2. The molecule has 0 unspecified atom stereocenters. The van der Waals surface area contributed by atoms with Gasteiger partial charge in [-0.15, -0.1) is 12.6 Å². The lowest BCUT2D eigenvalue weighted by Crippen LogP contribution is -1.95. The van der Waals surface area contributed by atoms with Gasteiger partial charge in [-0.2, -0.15) is 0 Å². The topological polar surface area (TPSA) is 52.6 Å². The Hall–Kier alpha value is -1.02. The Balaban J connectivity index is 0. The number of hydrogen-bond acceptors (Lipinski definition) is 6. The first kappa shape index (κ1) is 22.3. The van der Waals surface area contributed by atoms with Crippen molar-refractivity contribution in [1.82, 2.24) is 0 Å². The van der Waals surface area contributed by atoms with Crippen LogP contribution in [-0.4, -0.2) is 28.6 Å². The molecule has 4 nitrogen and oxygen atoms in total. The van der Waals surface area contributed by atoms with Crippen molar-refractivity contribution in [3.8, 4) is 0 Å². The van der Waals surface area contributed by atoms with Crippen LogP contribution in [0.2, 0.25) is 0 Å². The highest BCUT2D eigenvalue weighted by Crippen LogP contribution is 1.98. The van der Waals surface area contributed by atoms with E-state index in [1.807, 2.05) is 30.3 Å². The smallest absolute Gasteiger partial charge is 0.225 e. The van der Waals surface area contributed by atoms with Crippen LogP contribution >= 0.6 is 48.7 Å². The molecule has 1 aromatic rings.